The van der Waals surface area contributed by atoms with Crippen molar-refractivity contribution in [1.29, 1.82) is 0 Å². The molecule has 0 aliphatic heterocycles. The molecular weight excluding hydrogens is 160 g/mol. The summed E-state index contributed by atoms with van der Waals surface area (Å²) in [6, 6.07) is 5.91. The van der Waals surface area contributed by atoms with E-state index in [1.54, 1.807) is 13.3 Å². The first-order chi connectivity index (χ1) is 6.22. The van der Waals surface area contributed by atoms with Crippen molar-refractivity contribution in [3.8, 4) is 0 Å². The maximum atomic E-state index is 4.38. The smallest absolute Gasteiger partial charge is 0.0814 e. The van der Waals surface area contributed by atoms with E-state index in [4.69, 9.17) is 0 Å². The van der Waals surface area contributed by atoms with Gasteiger partial charge in [-0.15, -0.1) is 0 Å². The third-order valence-electron chi connectivity index (χ3n) is 1.49. The zero-order chi connectivity index (χ0) is 9.68. The van der Waals surface area contributed by atoms with Gasteiger partial charge in [0.2, 0.25) is 0 Å². The molecule has 2 nitrogen and oxygen atoms in total. The van der Waals surface area contributed by atoms with Crippen molar-refractivity contribution in [1.82, 2.24) is 4.98 Å². The average Bonchev–Trinajstić information content (AvgIpc) is 2.04. The molecule has 0 aliphatic rings. The van der Waals surface area contributed by atoms with Gasteiger partial charge in [0, 0.05) is 13.3 Å². The minimum Gasteiger partial charge on any atom is -0.294 e. The zero-order valence-corrected chi connectivity index (χ0v) is 8.28. The number of allylic oxidation sites excluding steroid dienone is 1. The summed E-state index contributed by atoms with van der Waals surface area (Å²) in [5, 5.41) is 0. The van der Waals surface area contributed by atoms with Crippen LogP contribution in [0.4, 0.5) is 0 Å². The molecule has 0 fully saturated rings. The quantitative estimate of drug-likeness (QED) is 0.632. The lowest BCUT2D eigenvalue weighted by Crippen LogP contribution is -1.89. The van der Waals surface area contributed by atoms with E-state index < -0.39 is 0 Å². The third-order valence-corrected chi connectivity index (χ3v) is 1.49. The summed E-state index contributed by atoms with van der Waals surface area (Å²) in [7, 11) is 1.75. The first-order valence-electron chi connectivity index (χ1n) is 4.26. The van der Waals surface area contributed by atoms with Crippen LogP contribution in [-0.2, 0) is 0 Å². The van der Waals surface area contributed by atoms with E-state index in [0.29, 0.717) is 0 Å². The fraction of sp³-hybridized carbons (Fsp3) is 0.273. The molecule has 13 heavy (non-hydrogen) atoms. The van der Waals surface area contributed by atoms with E-state index in [1.165, 1.54) is 5.57 Å². The lowest BCUT2D eigenvalue weighted by molar-refractivity contribution is 1.25. The number of hydrogen-bond donors (Lipinski definition) is 0. The van der Waals surface area contributed by atoms with Gasteiger partial charge in [0.1, 0.15) is 0 Å². The van der Waals surface area contributed by atoms with Crippen LogP contribution >= 0.6 is 0 Å². The summed E-state index contributed by atoms with van der Waals surface area (Å²) in [6.07, 6.45) is 3.80. The first-order valence-corrected chi connectivity index (χ1v) is 4.26. The predicted octanol–water partition coefficient (Wildman–Crippen LogP) is 2.55. The maximum Gasteiger partial charge on any atom is 0.0814 e. The Bertz CT molecular complexity index is 334. The number of nitrogens with zero attached hydrogens (tertiary/aromatic N) is 2. The molecule has 1 aromatic rings. The van der Waals surface area contributed by atoms with Gasteiger partial charge in [-0.25, -0.2) is 4.98 Å². The summed E-state index contributed by atoms with van der Waals surface area (Å²) in [4.78, 5) is 8.29. The Morgan fingerprint density at radius 3 is 2.62 bits per heavy atom. The van der Waals surface area contributed by atoms with Crippen LogP contribution < -0.4 is 0 Å². The summed E-state index contributed by atoms with van der Waals surface area (Å²) in [5.74, 6) is 0. The van der Waals surface area contributed by atoms with Crippen LogP contribution in [0.3, 0.4) is 0 Å². The van der Waals surface area contributed by atoms with Crippen LogP contribution in [-0.4, -0.2) is 18.2 Å². The van der Waals surface area contributed by atoms with E-state index in [-0.39, 0.29) is 0 Å². The average molecular weight is 174 g/mol. The minimum atomic E-state index is 0.900. The van der Waals surface area contributed by atoms with Gasteiger partial charge >= 0.3 is 0 Å². The third kappa shape index (κ3) is 3.20. The monoisotopic (exact) mass is 174 g/mol. The van der Waals surface area contributed by atoms with Crippen molar-refractivity contribution in [3.05, 3.63) is 35.2 Å². The van der Waals surface area contributed by atoms with E-state index in [0.717, 1.165) is 11.4 Å². The summed E-state index contributed by atoms with van der Waals surface area (Å²) >= 11 is 0. The second-order valence-corrected chi connectivity index (χ2v) is 3.10. The Balaban J connectivity index is 2.98. The molecule has 1 rings (SSSR count). The van der Waals surface area contributed by atoms with Crippen molar-refractivity contribution >= 4 is 12.3 Å². The summed E-state index contributed by atoms with van der Waals surface area (Å²) in [6.45, 7) is 4.12. The molecule has 0 spiro atoms. The highest BCUT2D eigenvalue weighted by Crippen LogP contribution is 2.03. The van der Waals surface area contributed by atoms with E-state index in [9.17, 15) is 0 Å². The van der Waals surface area contributed by atoms with Gasteiger partial charge in [0.15, 0.2) is 0 Å². The van der Waals surface area contributed by atoms with Crippen LogP contribution in [0.25, 0.3) is 6.08 Å². The first kappa shape index (κ1) is 9.65. The van der Waals surface area contributed by atoms with Crippen LogP contribution in [0.2, 0.25) is 0 Å². The molecule has 0 amide bonds. The topological polar surface area (TPSA) is 25.2 Å². The predicted molar refractivity (Wildman–Crippen MR) is 57.1 cm³/mol. The van der Waals surface area contributed by atoms with E-state index in [1.807, 2.05) is 24.3 Å². The summed E-state index contributed by atoms with van der Waals surface area (Å²) < 4.78 is 0. The molecule has 0 aromatic carbocycles. The fourth-order valence-corrected chi connectivity index (χ4v) is 1.05. The lowest BCUT2D eigenvalue weighted by Gasteiger charge is -1.96. The molecule has 68 valence electrons. The Labute approximate surface area is 79.0 Å². The van der Waals surface area contributed by atoms with Gasteiger partial charge in [-0.1, -0.05) is 11.6 Å². The van der Waals surface area contributed by atoms with Crippen molar-refractivity contribution in [2.75, 3.05) is 7.05 Å². The largest absolute Gasteiger partial charge is 0.294 e. The minimum absolute atomic E-state index is 0.900. The molecule has 0 saturated carbocycles. The maximum absolute atomic E-state index is 4.38. The van der Waals surface area contributed by atoms with E-state index in [2.05, 4.69) is 23.8 Å². The molecular formula is C11H14N2. The number of hydrogen-bond acceptors (Lipinski definition) is 2. The van der Waals surface area contributed by atoms with Gasteiger partial charge in [-0.3, -0.25) is 4.99 Å². The number of pyridine rings is 1. The van der Waals surface area contributed by atoms with E-state index >= 15 is 0 Å². The highest BCUT2D eigenvalue weighted by molar-refractivity contribution is 5.77. The molecule has 2 heteroatoms. The van der Waals surface area contributed by atoms with Crippen LogP contribution in [0, 0.1) is 0 Å². The Kier molecular flexibility index (Phi) is 3.38. The van der Waals surface area contributed by atoms with Gasteiger partial charge in [0.05, 0.1) is 11.4 Å². The van der Waals surface area contributed by atoms with Crippen LogP contribution in [0.15, 0.2) is 28.8 Å². The van der Waals surface area contributed by atoms with Gasteiger partial charge in [-0.05, 0) is 32.1 Å². The molecule has 0 unspecified atom stereocenters. The van der Waals surface area contributed by atoms with Gasteiger partial charge < -0.3 is 0 Å². The number of aromatic nitrogens is 1. The number of aliphatic imine (C=N–C) groups is 1. The van der Waals surface area contributed by atoms with Crippen molar-refractivity contribution in [2.24, 2.45) is 4.99 Å². The molecule has 0 radical (unpaired) electrons. The zero-order valence-electron chi connectivity index (χ0n) is 8.28. The van der Waals surface area contributed by atoms with Crippen molar-refractivity contribution in [3.63, 3.8) is 0 Å². The highest BCUT2D eigenvalue weighted by atomic mass is 14.7. The second kappa shape index (κ2) is 4.55. The molecule has 0 aliphatic carbocycles. The molecule has 1 heterocycles. The molecule has 0 N–H and O–H groups in total. The molecule has 0 atom stereocenters. The Hall–Kier alpha value is -1.44. The molecule has 1 aromatic heterocycles. The van der Waals surface area contributed by atoms with Crippen LogP contribution in [0.1, 0.15) is 25.2 Å². The Morgan fingerprint density at radius 2 is 2.00 bits per heavy atom. The Morgan fingerprint density at radius 1 is 1.31 bits per heavy atom. The van der Waals surface area contributed by atoms with Crippen molar-refractivity contribution in [2.45, 2.75) is 13.8 Å². The van der Waals surface area contributed by atoms with Gasteiger partial charge in [-0.2, -0.15) is 0 Å². The van der Waals surface area contributed by atoms with Gasteiger partial charge in [0.25, 0.3) is 0 Å². The molecule has 0 saturated heterocycles. The fourth-order valence-electron chi connectivity index (χ4n) is 1.05. The number of rotatable bonds is 2. The molecule has 0 bridgehead atoms. The normalized spacial score (nSPS) is 10.4. The van der Waals surface area contributed by atoms with Crippen LogP contribution in [0.5, 0.6) is 0 Å². The lowest BCUT2D eigenvalue weighted by atomic mass is 10.2. The standard InChI is InChI=1S/C11H14N2/c1-9(2)7-10-5-4-6-11(13-10)8-12-3/h4-8H,1-3H3. The SMILES string of the molecule is CN=Cc1cccc(C=C(C)C)n1. The summed E-state index contributed by atoms with van der Waals surface area (Å²) in [5.41, 5.74) is 3.13. The second-order valence-electron chi connectivity index (χ2n) is 3.10. The van der Waals surface area contributed by atoms with Crippen molar-refractivity contribution < 1.29 is 0 Å². The highest BCUT2D eigenvalue weighted by Gasteiger charge is 1.91.